The van der Waals surface area contributed by atoms with Crippen LogP contribution in [-0.2, 0) is 4.79 Å². The van der Waals surface area contributed by atoms with Gasteiger partial charge in [0.15, 0.2) is 5.75 Å². The zero-order valence-electron chi connectivity index (χ0n) is 18.6. The van der Waals surface area contributed by atoms with Crippen molar-refractivity contribution < 1.29 is 9.53 Å². The monoisotopic (exact) mass is 445 g/mol. The van der Waals surface area contributed by atoms with E-state index < -0.39 is 0 Å². The molecule has 2 aliphatic heterocycles. The van der Waals surface area contributed by atoms with Crippen LogP contribution in [0.3, 0.4) is 0 Å². The van der Waals surface area contributed by atoms with Crippen LogP contribution in [0.25, 0.3) is 22.2 Å². The molecule has 1 aromatic carbocycles. The predicted octanol–water partition coefficient (Wildman–Crippen LogP) is 2.25. The normalized spacial score (nSPS) is 24.6. The second kappa shape index (κ2) is 7.91. The summed E-state index contributed by atoms with van der Waals surface area (Å²) in [6.07, 6.45) is 10.6. The number of benzene rings is 1. The highest BCUT2D eigenvalue weighted by Crippen LogP contribution is 2.46. The highest BCUT2D eigenvalue weighted by atomic mass is 16.5. The maximum atomic E-state index is 13.0. The lowest BCUT2D eigenvalue weighted by molar-refractivity contribution is -0.127. The molecule has 1 amide bonds. The molecule has 2 N–H and O–H groups in total. The Morgan fingerprint density at radius 2 is 2.03 bits per heavy atom. The Kier molecular flexibility index (Phi) is 4.86. The first-order valence-electron chi connectivity index (χ1n) is 11.5. The fourth-order valence-electron chi connectivity index (χ4n) is 4.83. The molecule has 3 aliphatic rings. The molecule has 6 rings (SSSR count). The van der Waals surface area contributed by atoms with E-state index in [-0.39, 0.29) is 23.4 Å². The van der Waals surface area contributed by atoms with Crippen molar-refractivity contribution in [2.45, 2.75) is 37.8 Å². The number of rotatable bonds is 1. The molecule has 3 aromatic rings. The van der Waals surface area contributed by atoms with Crippen molar-refractivity contribution in [3.8, 4) is 16.9 Å². The summed E-state index contributed by atoms with van der Waals surface area (Å²) in [5.74, 6) is 1.48. The number of ether oxygens (including phenoxy) is 1. The first-order chi connectivity index (χ1) is 16.1. The Hall–Kier alpha value is -3.33. The molecule has 9 nitrogen and oxygen atoms in total. The van der Waals surface area contributed by atoms with E-state index in [0.29, 0.717) is 24.7 Å². The standard InChI is InChI=1S/C24H27N7O2/c1-31-7-4-16-8-19(31)23(32)28-12-24(5-6-24)13-33-22-17(15-9-25-14-26-10-15)2-3-18-21(22)30-20(29-16)11-27-18/h2-3,9-11,14,16,19H,4-8,12-13H2,1H3,(H,28,32)(H,29,30)/t16?,19-/m0/s1. The molecule has 9 heteroatoms. The Bertz CT molecular complexity index is 1200. The minimum atomic E-state index is -0.149. The molecule has 4 heterocycles. The van der Waals surface area contributed by atoms with Gasteiger partial charge in [-0.2, -0.15) is 0 Å². The molecular weight excluding hydrogens is 418 g/mol. The van der Waals surface area contributed by atoms with Gasteiger partial charge >= 0.3 is 0 Å². The van der Waals surface area contributed by atoms with Gasteiger partial charge in [0.25, 0.3) is 0 Å². The average Bonchev–Trinajstić information content (AvgIpc) is 3.62. The predicted molar refractivity (Wildman–Crippen MR) is 124 cm³/mol. The number of carbonyl (C=O) groups excluding carboxylic acids is 1. The average molecular weight is 446 g/mol. The summed E-state index contributed by atoms with van der Waals surface area (Å²) in [5.41, 5.74) is 3.22. The lowest BCUT2D eigenvalue weighted by atomic mass is 9.96. The van der Waals surface area contributed by atoms with Crippen LogP contribution in [0.15, 0.2) is 37.1 Å². The van der Waals surface area contributed by atoms with Gasteiger partial charge in [-0.25, -0.2) is 15.0 Å². The number of nitrogens with zero attached hydrogens (tertiary/aromatic N) is 5. The van der Waals surface area contributed by atoms with Crippen molar-refractivity contribution in [2.75, 3.05) is 32.1 Å². The quantitative estimate of drug-likeness (QED) is 0.588. The van der Waals surface area contributed by atoms with E-state index >= 15 is 0 Å². The summed E-state index contributed by atoms with van der Waals surface area (Å²) in [7, 11) is 2.02. The van der Waals surface area contributed by atoms with Crippen molar-refractivity contribution >= 4 is 22.8 Å². The molecule has 1 unspecified atom stereocenters. The van der Waals surface area contributed by atoms with E-state index in [1.165, 1.54) is 6.33 Å². The summed E-state index contributed by atoms with van der Waals surface area (Å²) in [6, 6.07) is 3.95. The number of aromatic nitrogens is 4. The Morgan fingerprint density at radius 3 is 2.85 bits per heavy atom. The number of hydrogen-bond donors (Lipinski definition) is 2. The number of anilines is 1. The molecule has 1 aliphatic carbocycles. The largest absolute Gasteiger partial charge is 0.490 e. The topological polar surface area (TPSA) is 105 Å². The van der Waals surface area contributed by atoms with Crippen LogP contribution < -0.4 is 15.4 Å². The van der Waals surface area contributed by atoms with Crippen molar-refractivity contribution in [3.05, 3.63) is 37.1 Å². The van der Waals surface area contributed by atoms with Crippen LogP contribution in [0.4, 0.5) is 5.82 Å². The summed E-state index contributed by atoms with van der Waals surface area (Å²) in [6.45, 7) is 1.99. The number of nitrogens with one attached hydrogen (secondary N) is 2. The zero-order valence-corrected chi connectivity index (χ0v) is 18.6. The van der Waals surface area contributed by atoms with Crippen LogP contribution in [-0.4, -0.2) is 69.6 Å². The van der Waals surface area contributed by atoms with Gasteiger partial charge in [-0.15, -0.1) is 0 Å². The third-order valence-corrected chi connectivity index (χ3v) is 7.18. The third-order valence-electron chi connectivity index (χ3n) is 7.18. The molecule has 1 saturated heterocycles. The minimum absolute atomic E-state index is 0.0394. The number of likely N-dealkylation sites (tertiary alicyclic amines) is 1. The van der Waals surface area contributed by atoms with Crippen LogP contribution in [0.5, 0.6) is 5.75 Å². The van der Waals surface area contributed by atoms with Gasteiger partial charge in [-0.3, -0.25) is 14.7 Å². The summed E-state index contributed by atoms with van der Waals surface area (Å²) in [4.78, 5) is 33.1. The molecular formula is C24H27N7O2. The molecule has 2 fully saturated rings. The van der Waals surface area contributed by atoms with Gasteiger partial charge in [0.2, 0.25) is 5.91 Å². The molecule has 4 bridgehead atoms. The Balaban J connectivity index is 1.45. The minimum Gasteiger partial charge on any atom is -0.490 e. The van der Waals surface area contributed by atoms with Crippen LogP contribution >= 0.6 is 0 Å². The van der Waals surface area contributed by atoms with Crippen molar-refractivity contribution in [1.29, 1.82) is 0 Å². The summed E-state index contributed by atoms with van der Waals surface area (Å²) in [5, 5.41) is 6.73. The van der Waals surface area contributed by atoms with E-state index in [4.69, 9.17) is 9.72 Å². The van der Waals surface area contributed by atoms with Gasteiger partial charge in [0.1, 0.15) is 17.7 Å². The maximum absolute atomic E-state index is 13.0. The lowest BCUT2D eigenvalue weighted by Gasteiger charge is -2.37. The first-order valence-corrected chi connectivity index (χ1v) is 11.5. The molecule has 1 spiro atoms. The van der Waals surface area contributed by atoms with Gasteiger partial charge < -0.3 is 15.4 Å². The molecule has 1 saturated carbocycles. The van der Waals surface area contributed by atoms with Crippen molar-refractivity contribution in [1.82, 2.24) is 30.2 Å². The Morgan fingerprint density at radius 1 is 1.18 bits per heavy atom. The molecule has 2 aromatic heterocycles. The number of amides is 1. The van der Waals surface area contributed by atoms with E-state index in [2.05, 4.69) is 30.5 Å². The number of piperidine rings is 1. The number of fused-ring (bicyclic) bond motifs is 3. The van der Waals surface area contributed by atoms with Crippen molar-refractivity contribution in [2.24, 2.45) is 5.41 Å². The van der Waals surface area contributed by atoms with Gasteiger partial charge in [-0.05, 0) is 44.9 Å². The molecule has 0 radical (unpaired) electrons. The van der Waals surface area contributed by atoms with Gasteiger partial charge in [0.05, 0.1) is 24.4 Å². The van der Waals surface area contributed by atoms with Crippen LogP contribution in [0.2, 0.25) is 0 Å². The van der Waals surface area contributed by atoms with E-state index in [1.807, 2.05) is 19.2 Å². The number of likely N-dealkylation sites (N-methyl/N-ethyl adjacent to an activating group) is 1. The van der Waals surface area contributed by atoms with Crippen molar-refractivity contribution in [3.63, 3.8) is 0 Å². The van der Waals surface area contributed by atoms with Crippen LogP contribution in [0, 0.1) is 5.41 Å². The second-order valence-corrected chi connectivity index (χ2v) is 9.56. The number of hydrogen-bond acceptors (Lipinski definition) is 8. The number of carbonyl (C=O) groups is 1. The smallest absolute Gasteiger partial charge is 0.237 e. The SMILES string of the molecule is CN1CCC2C[C@H]1C(=O)NCC1(CC1)COc1c(-c3cncnc3)ccc3ncc(nc13)N2. The fraction of sp³-hybridized carbons (Fsp3) is 0.458. The zero-order chi connectivity index (χ0) is 22.4. The molecule has 170 valence electrons. The van der Waals surface area contributed by atoms with Gasteiger partial charge in [-0.1, -0.05) is 0 Å². The highest BCUT2D eigenvalue weighted by molar-refractivity contribution is 5.90. The molecule has 33 heavy (non-hydrogen) atoms. The van der Waals surface area contributed by atoms with Gasteiger partial charge in [0, 0.05) is 48.1 Å². The van der Waals surface area contributed by atoms with E-state index in [9.17, 15) is 4.79 Å². The summed E-state index contributed by atoms with van der Waals surface area (Å²) >= 11 is 0. The Labute approximate surface area is 192 Å². The summed E-state index contributed by atoms with van der Waals surface area (Å²) < 4.78 is 6.48. The van der Waals surface area contributed by atoms with Crippen LogP contribution in [0.1, 0.15) is 25.7 Å². The fourth-order valence-corrected chi connectivity index (χ4v) is 4.83. The highest BCUT2D eigenvalue weighted by Gasteiger charge is 2.45. The third kappa shape index (κ3) is 3.86. The van der Waals surface area contributed by atoms with E-state index in [0.717, 1.165) is 54.4 Å². The maximum Gasteiger partial charge on any atom is 0.237 e. The first kappa shape index (κ1) is 20.3. The second-order valence-electron chi connectivity index (χ2n) is 9.56. The van der Waals surface area contributed by atoms with E-state index in [1.54, 1.807) is 18.6 Å². The molecule has 2 atom stereocenters. The lowest BCUT2D eigenvalue weighted by Crippen LogP contribution is -2.53.